The van der Waals surface area contributed by atoms with Gasteiger partial charge in [0.05, 0.1) is 5.02 Å². The highest BCUT2D eigenvalue weighted by atomic mass is 35.5. The third kappa shape index (κ3) is 5.97. The van der Waals surface area contributed by atoms with E-state index < -0.39 is 5.91 Å². The number of furan rings is 1. The second-order valence-corrected chi connectivity index (χ2v) is 7.21. The topological polar surface area (TPSA) is 75.5 Å². The van der Waals surface area contributed by atoms with Crippen LogP contribution in [-0.2, 0) is 6.61 Å². The van der Waals surface area contributed by atoms with Crippen LogP contribution in [0.25, 0.3) is 0 Å². The molecule has 8 heteroatoms. The first kappa shape index (κ1) is 20.7. The molecule has 0 atom stereocenters. The van der Waals surface area contributed by atoms with Gasteiger partial charge < -0.3 is 14.5 Å². The number of para-hydroxylation sites is 1. The second-order valence-electron chi connectivity index (χ2n) is 6.39. The van der Waals surface area contributed by atoms with Crippen molar-refractivity contribution in [1.29, 1.82) is 0 Å². The van der Waals surface area contributed by atoms with Crippen LogP contribution in [-0.4, -0.2) is 11.0 Å². The molecule has 0 aliphatic rings. The van der Waals surface area contributed by atoms with Crippen molar-refractivity contribution in [3.8, 4) is 5.75 Å². The lowest BCUT2D eigenvalue weighted by Crippen LogP contribution is -2.43. The van der Waals surface area contributed by atoms with Gasteiger partial charge in [0.15, 0.2) is 10.9 Å². The number of hydrogen-bond donors (Lipinski definition) is 3. The molecule has 0 aliphatic carbocycles. The van der Waals surface area contributed by atoms with E-state index in [4.69, 9.17) is 33.0 Å². The molecule has 0 aliphatic heterocycles. The number of thiocarbonyl (C=S) groups is 1. The highest BCUT2D eigenvalue weighted by Gasteiger charge is 2.12. The van der Waals surface area contributed by atoms with E-state index in [2.05, 4.69) is 22.2 Å². The quantitative estimate of drug-likeness (QED) is 0.401. The molecule has 3 N–H and O–H groups in total. The van der Waals surface area contributed by atoms with E-state index in [1.54, 1.807) is 24.3 Å². The molecule has 6 nitrogen and oxygen atoms in total. The van der Waals surface area contributed by atoms with Crippen LogP contribution in [0.4, 0.5) is 5.69 Å². The SMILES string of the molecule is Cc1cc(C)cc(NC(=S)NNC(=O)c2ccc(COc3ccccc3Cl)o2)c1. The van der Waals surface area contributed by atoms with Gasteiger partial charge in [0.1, 0.15) is 18.1 Å². The van der Waals surface area contributed by atoms with Gasteiger partial charge in [0, 0.05) is 5.69 Å². The van der Waals surface area contributed by atoms with E-state index in [1.807, 2.05) is 38.1 Å². The largest absolute Gasteiger partial charge is 0.484 e. The number of hydrogen-bond acceptors (Lipinski definition) is 4. The van der Waals surface area contributed by atoms with E-state index in [1.165, 1.54) is 0 Å². The molecule has 0 spiro atoms. The van der Waals surface area contributed by atoms with Crippen LogP contribution in [0.15, 0.2) is 59.0 Å². The molecule has 2 aromatic carbocycles. The van der Waals surface area contributed by atoms with Gasteiger partial charge in [-0.05, 0) is 73.6 Å². The molecule has 1 aromatic heterocycles. The molecule has 0 saturated heterocycles. The molecule has 0 radical (unpaired) electrons. The lowest BCUT2D eigenvalue weighted by Gasteiger charge is -2.12. The van der Waals surface area contributed by atoms with Gasteiger partial charge in [-0.25, -0.2) is 0 Å². The molecule has 3 aromatic rings. The Morgan fingerprint density at radius 1 is 1.07 bits per heavy atom. The van der Waals surface area contributed by atoms with Gasteiger partial charge in [0.2, 0.25) is 0 Å². The van der Waals surface area contributed by atoms with Crippen LogP contribution in [0.5, 0.6) is 5.75 Å². The van der Waals surface area contributed by atoms with Gasteiger partial charge in [-0.1, -0.05) is 29.8 Å². The average molecular weight is 430 g/mol. The van der Waals surface area contributed by atoms with Gasteiger partial charge in [-0.2, -0.15) is 0 Å². The van der Waals surface area contributed by atoms with Gasteiger partial charge in [-0.15, -0.1) is 0 Å². The standard InChI is InChI=1S/C21H20ClN3O3S/c1-13-9-14(2)11-15(10-13)23-21(29)25-24-20(26)19-8-7-16(28-19)12-27-18-6-4-3-5-17(18)22/h3-11H,12H2,1-2H3,(H,24,26)(H2,23,25,29). The molecule has 0 fully saturated rings. The first-order valence-corrected chi connectivity index (χ1v) is 9.61. The van der Waals surface area contributed by atoms with Crippen molar-refractivity contribution in [2.45, 2.75) is 20.5 Å². The Morgan fingerprint density at radius 3 is 2.52 bits per heavy atom. The number of carbonyl (C=O) groups excluding carboxylic acids is 1. The summed E-state index contributed by atoms with van der Waals surface area (Å²) in [5.74, 6) is 0.704. The predicted octanol–water partition coefficient (Wildman–Crippen LogP) is 4.76. The summed E-state index contributed by atoms with van der Waals surface area (Å²) >= 11 is 11.3. The second kappa shape index (κ2) is 9.45. The van der Waals surface area contributed by atoms with Crippen molar-refractivity contribution in [2.24, 2.45) is 0 Å². The van der Waals surface area contributed by atoms with E-state index in [0.717, 1.165) is 16.8 Å². The molecular weight excluding hydrogens is 410 g/mol. The van der Waals surface area contributed by atoms with E-state index >= 15 is 0 Å². The molecule has 1 heterocycles. The average Bonchev–Trinajstić information content (AvgIpc) is 3.14. The summed E-state index contributed by atoms with van der Waals surface area (Å²) in [5, 5.41) is 3.79. The smallest absolute Gasteiger partial charge is 0.305 e. The monoisotopic (exact) mass is 429 g/mol. The van der Waals surface area contributed by atoms with Crippen molar-refractivity contribution in [3.63, 3.8) is 0 Å². The van der Waals surface area contributed by atoms with Crippen LogP contribution < -0.4 is 20.9 Å². The summed E-state index contributed by atoms with van der Waals surface area (Å²) in [6.45, 7) is 4.15. The van der Waals surface area contributed by atoms with E-state index in [9.17, 15) is 4.79 Å². The molecule has 0 bridgehead atoms. The minimum absolute atomic E-state index is 0.129. The van der Waals surface area contributed by atoms with Gasteiger partial charge in [0.25, 0.3) is 0 Å². The third-order valence-corrected chi connectivity index (χ3v) is 4.38. The lowest BCUT2D eigenvalue weighted by molar-refractivity contribution is 0.0912. The third-order valence-electron chi connectivity index (χ3n) is 3.86. The summed E-state index contributed by atoms with van der Waals surface area (Å²) in [4.78, 5) is 12.2. The summed E-state index contributed by atoms with van der Waals surface area (Å²) in [6.07, 6.45) is 0. The maximum atomic E-state index is 12.2. The number of carbonyl (C=O) groups is 1. The number of benzene rings is 2. The van der Waals surface area contributed by atoms with Crippen molar-refractivity contribution < 1.29 is 13.9 Å². The summed E-state index contributed by atoms with van der Waals surface area (Å²) < 4.78 is 11.1. The first-order chi connectivity index (χ1) is 13.9. The zero-order chi connectivity index (χ0) is 20.8. The van der Waals surface area contributed by atoms with Crippen molar-refractivity contribution in [1.82, 2.24) is 10.9 Å². The summed E-state index contributed by atoms with van der Waals surface area (Å²) in [6, 6.07) is 16.3. The Kier molecular flexibility index (Phi) is 6.74. The molecular formula is C21H20ClN3O3S. The normalized spacial score (nSPS) is 10.3. The number of anilines is 1. The number of amides is 1. The number of hydrazine groups is 1. The van der Waals surface area contributed by atoms with Crippen molar-refractivity contribution >= 4 is 40.5 Å². The predicted molar refractivity (Wildman–Crippen MR) is 117 cm³/mol. The van der Waals surface area contributed by atoms with E-state index in [0.29, 0.717) is 16.5 Å². The number of rotatable bonds is 5. The zero-order valence-corrected chi connectivity index (χ0v) is 17.5. The Bertz CT molecular complexity index is 1020. The molecule has 1 amide bonds. The van der Waals surface area contributed by atoms with Crippen LogP contribution in [0.2, 0.25) is 5.02 Å². The molecule has 0 saturated carbocycles. The first-order valence-electron chi connectivity index (χ1n) is 8.82. The summed E-state index contributed by atoms with van der Waals surface area (Å²) in [5.41, 5.74) is 8.22. The molecule has 29 heavy (non-hydrogen) atoms. The lowest BCUT2D eigenvalue weighted by atomic mass is 10.1. The fraction of sp³-hybridized carbons (Fsp3) is 0.143. The maximum Gasteiger partial charge on any atom is 0.305 e. The molecule has 3 rings (SSSR count). The van der Waals surface area contributed by atoms with Crippen LogP contribution in [0, 0.1) is 13.8 Å². The van der Waals surface area contributed by atoms with Gasteiger partial charge >= 0.3 is 5.91 Å². The zero-order valence-electron chi connectivity index (χ0n) is 15.9. The van der Waals surface area contributed by atoms with E-state index in [-0.39, 0.29) is 17.5 Å². The summed E-state index contributed by atoms with van der Waals surface area (Å²) in [7, 11) is 0. The van der Waals surface area contributed by atoms with Crippen molar-refractivity contribution in [2.75, 3.05) is 5.32 Å². The number of ether oxygens (including phenoxy) is 1. The highest BCUT2D eigenvalue weighted by Crippen LogP contribution is 2.24. The number of nitrogens with one attached hydrogen (secondary N) is 3. The maximum absolute atomic E-state index is 12.2. The Labute approximate surface area is 179 Å². The minimum atomic E-state index is -0.460. The van der Waals surface area contributed by atoms with Crippen LogP contribution in [0.1, 0.15) is 27.4 Å². The van der Waals surface area contributed by atoms with Crippen molar-refractivity contribution in [3.05, 3.63) is 82.3 Å². The number of halogens is 1. The Hall–Kier alpha value is -3.03. The Morgan fingerprint density at radius 2 is 1.79 bits per heavy atom. The van der Waals surface area contributed by atoms with Crippen LogP contribution in [0.3, 0.4) is 0 Å². The molecule has 150 valence electrons. The highest BCUT2D eigenvalue weighted by molar-refractivity contribution is 7.80. The van der Waals surface area contributed by atoms with Crippen LogP contribution >= 0.6 is 23.8 Å². The minimum Gasteiger partial charge on any atom is -0.484 e. The Balaban J connectivity index is 1.49. The van der Waals surface area contributed by atoms with Gasteiger partial charge in [-0.3, -0.25) is 15.6 Å². The fourth-order valence-electron chi connectivity index (χ4n) is 2.67. The number of aryl methyl sites for hydroxylation is 2. The molecule has 0 unspecified atom stereocenters. The fourth-order valence-corrected chi connectivity index (χ4v) is 3.03.